The van der Waals surface area contributed by atoms with Gasteiger partial charge in [-0.05, 0) is 53.0 Å². The molecule has 1 nitrogen and oxygen atoms in total. The molecule has 0 bridgehead atoms. The van der Waals surface area contributed by atoms with Gasteiger partial charge in [0.2, 0.25) is 0 Å². The van der Waals surface area contributed by atoms with Crippen LogP contribution in [0.25, 0.3) is 11.1 Å². The molecule has 0 spiro atoms. The molecule has 2 aromatic rings. The van der Waals surface area contributed by atoms with E-state index in [0.29, 0.717) is 5.92 Å². The summed E-state index contributed by atoms with van der Waals surface area (Å²) in [7, 11) is 0. The molecule has 1 atom stereocenters. The van der Waals surface area contributed by atoms with Crippen molar-refractivity contribution in [3.63, 3.8) is 0 Å². The largest absolute Gasteiger partial charge is 0.324 e. The van der Waals surface area contributed by atoms with Crippen molar-refractivity contribution < 1.29 is 0 Å². The molecule has 0 aromatic heterocycles. The van der Waals surface area contributed by atoms with Crippen LogP contribution in [0.15, 0.2) is 42.5 Å². The number of hydrogen-bond donors (Lipinski definition) is 1. The Morgan fingerprint density at radius 3 is 2.48 bits per heavy atom. The van der Waals surface area contributed by atoms with Gasteiger partial charge in [-0.2, -0.15) is 0 Å². The molecular weight excluding hydrogens is 254 g/mol. The van der Waals surface area contributed by atoms with Crippen LogP contribution in [0.5, 0.6) is 0 Å². The summed E-state index contributed by atoms with van der Waals surface area (Å²) in [5.74, 6) is 0.681. The molecule has 21 heavy (non-hydrogen) atoms. The summed E-state index contributed by atoms with van der Waals surface area (Å²) < 4.78 is 0. The van der Waals surface area contributed by atoms with Crippen molar-refractivity contribution in [2.24, 2.45) is 11.7 Å². The standard InChI is InChI=1S/C20H23N/c21-20(14-6-2-1-3-7-14)16-10-11-19-17(13-16)12-15-8-4-5-9-18(15)19/h4-5,8-11,13-14,20H,1-3,6-7,12,21H2/t20-/m1/s1. The molecule has 0 unspecified atom stereocenters. The maximum absolute atomic E-state index is 6.57. The van der Waals surface area contributed by atoms with E-state index in [1.165, 1.54) is 59.9 Å². The number of nitrogens with two attached hydrogens (primary N) is 1. The molecule has 0 radical (unpaired) electrons. The van der Waals surface area contributed by atoms with Gasteiger partial charge >= 0.3 is 0 Å². The van der Waals surface area contributed by atoms with Crippen molar-refractivity contribution in [3.8, 4) is 11.1 Å². The van der Waals surface area contributed by atoms with Crippen LogP contribution in [0.2, 0.25) is 0 Å². The van der Waals surface area contributed by atoms with Crippen LogP contribution in [0.4, 0.5) is 0 Å². The Bertz CT molecular complexity index is 653. The van der Waals surface area contributed by atoms with Gasteiger partial charge in [-0.25, -0.2) is 0 Å². The Morgan fingerprint density at radius 1 is 0.857 bits per heavy atom. The fourth-order valence-electron chi connectivity index (χ4n) is 4.14. The van der Waals surface area contributed by atoms with Crippen LogP contribution in [0, 0.1) is 5.92 Å². The van der Waals surface area contributed by atoms with E-state index in [4.69, 9.17) is 5.73 Å². The minimum Gasteiger partial charge on any atom is -0.324 e. The summed E-state index contributed by atoms with van der Waals surface area (Å²) in [6, 6.07) is 15.9. The second kappa shape index (κ2) is 5.31. The average Bonchev–Trinajstić information content (AvgIpc) is 2.92. The van der Waals surface area contributed by atoms with Gasteiger partial charge in [0.15, 0.2) is 0 Å². The van der Waals surface area contributed by atoms with E-state index in [1.807, 2.05) is 0 Å². The van der Waals surface area contributed by atoms with E-state index in [9.17, 15) is 0 Å². The summed E-state index contributed by atoms with van der Waals surface area (Å²) in [5.41, 5.74) is 13.6. The van der Waals surface area contributed by atoms with E-state index < -0.39 is 0 Å². The molecule has 2 N–H and O–H groups in total. The molecule has 2 aliphatic carbocycles. The van der Waals surface area contributed by atoms with Gasteiger partial charge in [0.1, 0.15) is 0 Å². The molecule has 0 aliphatic heterocycles. The predicted octanol–water partition coefficient (Wildman–Crippen LogP) is 4.84. The molecule has 0 saturated heterocycles. The first-order valence-corrected chi connectivity index (χ1v) is 8.29. The van der Waals surface area contributed by atoms with Crippen molar-refractivity contribution in [1.29, 1.82) is 0 Å². The van der Waals surface area contributed by atoms with Gasteiger partial charge in [0.05, 0.1) is 0 Å². The summed E-state index contributed by atoms with van der Waals surface area (Å²) in [6.07, 6.45) is 7.78. The van der Waals surface area contributed by atoms with Gasteiger partial charge in [-0.1, -0.05) is 61.7 Å². The highest BCUT2D eigenvalue weighted by molar-refractivity contribution is 5.77. The monoisotopic (exact) mass is 277 g/mol. The van der Waals surface area contributed by atoms with Crippen LogP contribution in [0.1, 0.15) is 54.8 Å². The van der Waals surface area contributed by atoms with Crippen molar-refractivity contribution in [2.45, 2.75) is 44.6 Å². The topological polar surface area (TPSA) is 26.0 Å². The highest BCUT2D eigenvalue weighted by atomic mass is 14.7. The highest BCUT2D eigenvalue weighted by Crippen LogP contribution is 2.39. The molecule has 1 saturated carbocycles. The average molecular weight is 277 g/mol. The molecule has 2 aromatic carbocycles. The molecule has 2 aliphatic rings. The van der Waals surface area contributed by atoms with Gasteiger partial charge in [-0.3, -0.25) is 0 Å². The zero-order valence-corrected chi connectivity index (χ0v) is 12.5. The van der Waals surface area contributed by atoms with Crippen molar-refractivity contribution in [3.05, 3.63) is 59.2 Å². The fourth-order valence-corrected chi connectivity index (χ4v) is 4.14. The van der Waals surface area contributed by atoms with E-state index in [0.717, 1.165) is 6.42 Å². The van der Waals surface area contributed by atoms with E-state index in [1.54, 1.807) is 0 Å². The Balaban J connectivity index is 1.63. The molecule has 0 heterocycles. The van der Waals surface area contributed by atoms with Gasteiger partial charge < -0.3 is 5.73 Å². The van der Waals surface area contributed by atoms with Crippen molar-refractivity contribution >= 4 is 0 Å². The fraction of sp³-hybridized carbons (Fsp3) is 0.400. The Labute approximate surface area is 127 Å². The Hall–Kier alpha value is -1.60. The summed E-state index contributed by atoms with van der Waals surface area (Å²) in [6.45, 7) is 0. The summed E-state index contributed by atoms with van der Waals surface area (Å²) in [4.78, 5) is 0. The molecule has 108 valence electrons. The van der Waals surface area contributed by atoms with E-state index in [-0.39, 0.29) is 6.04 Å². The first-order valence-electron chi connectivity index (χ1n) is 8.29. The van der Waals surface area contributed by atoms with Crippen molar-refractivity contribution in [1.82, 2.24) is 0 Å². The van der Waals surface area contributed by atoms with E-state index in [2.05, 4.69) is 42.5 Å². The van der Waals surface area contributed by atoms with Crippen LogP contribution >= 0.6 is 0 Å². The Kier molecular flexibility index (Phi) is 3.31. The maximum Gasteiger partial charge on any atom is 0.0323 e. The van der Waals surface area contributed by atoms with Gasteiger partial charge in [0, 0.05) is 6.04 Å². The van der Waals surface area contributed by atoms with Crippen LogP contribution in [-0.4, -0.2) is 0 Å². The highest BCUT2D eigenvalue weighted by Gasteiger charge is 2.24. The smallest absolute Gasteiger partial charge is 0.0323 e. The third kappa shape index (κ3) is 2.30. The van der Waals surface area contributed by atoms with E-state index >= 15 is 0 Å². The molecular formula is C20H23N. The van der Waals surface area contributed by atoms with Crippen LogP contribution in [0.3, 0.4) is 0 Å². The molecule has 1 fully saturated rings. The lowest BCUT2D eigenvalue weighted by Crippen LogP contribution is -2.23. The molecule has 0 amide bonds. The normalized spacial score (nSPS) is 19.1. The quantitative estimate of drug-likeness (QED) is 0.712. The number of benzene rings is 2. The number of rotatable bonds is 2. The second-order valence-electron chi connectivity index (χ2n) is 6.67. The van der Waals surface area contributed by atoms with Gasteiger partial charge in [-0.15, -0.1) is 0 Å². The lowest BCUT2D eigenvalue weighted by molar-refractivity contribution is 0.308. The SMILES string of the molecule is N[C@@H](c1ccc2c(c1)Cc1ccccc1-2)C1CCCCC1. The van der Waals surface area contributed by atoms with Crippen molar-refractivity contribution in [2.75, 3.05) is 0 Å². The lowest BCUT2D eigenvalue weighted by atomic mass is 9.81. The number of fused-ring (bicyclic) bond motifs is 3. The minimum absolute atomic E-state index is 0.222. The second-order valence-corrected chi connectivity index (χ2v) is 6.67. The zero-order valence-electron chi connectivity index (χ0n) is 12.5. The van der Waals surface area contributed by atoms with Gasteiger partial charge in [0.25, 0.3) is 0 Å². The summed E-state index contributed by atoms with van der Waals surface area (Å²) in [5, 5.41) is 0. The van der Waals surface area contributed by atoms with Crippen LogP contribution in [-0.2, 0) is 6.42 Å². The molecule has 4 rings (SSSR count). The Morgan fingerprint density at radius 2 is 1.62 bits per heavy atom. The third-order valence-electron chi connectivity index (χ3n) is 5.36. The first kappa shape index (κ1) is 13.1. The molecule has 1 heteroatoms. The lowest BCUT2D eigenvalue weighted by Gasteiger charge is -2.28. The maximum atomic E-state index is 6.57. The predicted molar refractivity (Wildman–Crippen MR) is 88.2 cm³/mol. The third-order valence-corrected chi connectivity index (χ3v) is 5.36. The summed E-state index contributed by atoms with van der Waals surface area (Å²) >= 11 is 0. The number of hydrogen-bond acceptors (Lipinski definition) is 1. The van der Waals surface area contributed by atoms with Crippen LogP contribution < -0.4 is 5.73 Å². The zero-order chi connectivity index (χ0) is 14.2. The first-order chi connectivity index (χ1) is 10.3. The minimum atomic E-state index is 0.222.